The summed E-state index contributed by atoms with van der Waals surface area (Å²) in [5, 5.41) is 11.8. The van der Waals surface area contributed by atoms with E-state index in [2.05, 4.69) is 21.6 Å². The molecular weight excluding hydrogens is 270 g/mol. The van der Waals surface area contributed by atoms with Gasteiger partial charge in [-0.3, -0.25) is 9.89 Å². The molecule has 2 aromatic heterocycles. The van der Waals surface area contributed by atoms with E-state index in [-0.39, 0.29) is 5.91 Å². The maximum Gasteiger partial charge on any atom is 0.244 e. The average molecular weight is 289 g/mol. The Hall–Kier alpha value is -1.88. The largest absolute Gasteiger partial charge is 0.353 e. The van der Waals surface area contributed by atoms with Crippen LogP contribution in [0.1, 0.15) is 28.1 Å². The third-order valence-electron chi connectivity index (χ3n) is 3.14. The minimum atomic E-state index is -0.0401. The van der Waals surface area contributed by atoms with Crippen LogP contribution in [0.25, 0.3) is 6.08 Å². The van der Waals surface area contributed by atoms with Crippen LogP contribution in [0.3, 0.4) is 0 Å². The molecule has 4 nitrogen and oxygen atoms in total. The fourth-order valence-electron chi connectivity index (χ4n) is 1.88. The Bertz CT molecular complexity index is 598. The number of rotatable bonds is 6. The van der Waals surface area contributed by atoms with E-state index in [0.717, 1.165) is 23.4 Å². The SMILES string of the molecule is Cc1ccsc1C=CC(=O)NCCCc1cn[nH]c1C. The van der Waals surface area contributed by atoms with E-state index in [1.54, 1.807) is 17.4 Å². The van der Waals surface area contributed by atoms with Crippen LogP contribution in [0.2, 0.25) is 0 Å². The van der Waals surface area contributed by atoms with Crippen molar-refractivity contribution < 1.29 is 4.79 Å². The van der Waals surface area contributed by atoms with Crippen molar-refractivity contribution in [1.82, 2.24) is 15.5 Å². The lowest BCUT2D eigenvalue weighted by atomic mass is 10.1. The van der Waals surface area contributed by atoms with Gasteiger partial charge in [0.15, 0.2) is 0 Å². The van der Waals surface area contributed by atoms with Gasteiger partial charge >= 0.3 is 0 Å². The van der Waals surface area contributed by atoms with Crippen molar-refractivity contribution in [3.8, 4) is 0 Å². The van der Waals surface area contributed by atoms with Crippen molar-refractivity contribution in [2.45, 2.75) is 26.7 Å². The highest BCUT2D eigenvalue weighted by atomic mass is 32.1. The maximum absolute atomic E-state index is 11.7. The molecule has 2 heterocycles. The van der Waals surface area contributed by atoms with Crippen LogP contribution in [0, 0.1) is 13.8 Å². The zero-order valence-corrected chi connectivity index (χ0v) is 12.6. The van der Waals surface area contributed by atoms with Gasteiger partial charge in [-0.25, -0.2) is 0 Å². The predicted octanol–water partition coefficient (Wildman–Crippen LogP) is 2.85. The average Bonchev–Trinajstić information content (AvgIpc) is 3.01. The number of carbonyl (C=O) groups excluding carboxylic acids is 1. The number of aromatic nitrogens is 2. The Morgan fingerprint density at radius 3 is 3.00 bits per heavy atom. The molecule has 0 atom stereocenters. The second-order valence-electron chi connectivity index (χ2n) is 4.72. The smallest absolute Gasteiger partial charge is 0.244 e. The molecule has 1 amide bonds. The van der Waals surface area contributed by atoms with Crippen LogP contribution in [-0.4, -0.2) is 22.6 Å². The van der Waals surface area contributed by atoms with E-state index in [4.69, 9.17) is 0 Å². The Morgan fingerprint density at radius 1 is 1.50 bits per heavy atom. The third-order valence-corrected chi connectivity index (χ3v) is 4.13. The number of thiophene rings is 1. The number of nitrogens with zero attached hydrogens (tertiary/aromatic N) is 1. The van der Waals surface area contributed by atoms with Gasteiger partial charge in [0.1, 0.15) is 0 Å². The fraction of sp³-hybridized carbons (Fsp3) is 0.333. The van der Waals surface area contributed by atoms with E-state index < -0.39 is 0 Å². The van der Waals surface area contributed by atoms with Gasteiger partial charge in [0.05, 0.1) is 6.20 Å². The summed E-state index contributed by atoms with van der Waals surface area (Å²) in [5.41, 5.74) is 3.52. The standard InChI is InChI=1S/C15H19N3OS/c1-11-7-9-20-14(11)5-6-15(19)16-8-3-4-13-10-17-18-12(13)2/h5-7,9-10H,3-4,8H2,1-2H3,(H,16,19)(H,17,18). The van der Waals surface area contributed by atoms with Crippen LogP contribution >= 0.6 is 11.3 Å². The maximum atomic E-state index is 11.7. The highest BCUT2D eigenvalue weighted by Gasteiger charge is 2.01. The van der Waals surface area contributed by atoms with Gasteiger partial charge in [0.25, 0.3) is 0 Å². The van der Waals surface area contributed by atoms with E-state index >= 15 is 0 Å². The Morgan fingerprint density at radius 2 is 2.35 bits per heavy atom. The summed E-state index contributed by atoms with van der Waals surface area (Å²) in [6.45, 7) is 4.73. The quantitative estimate of drug-likeness (QED) is 0.634. The van der Waals surface area contributed by atoms with Gasteiger partial charge < -0.3 is 5.32 Å². The van der Waals surface area contributed by atoms with Crippen molar-refractivity contribution in [1.29, 1.82) is 0 Å². The van der Waals surface area contributed by atoms with Gasteiger partial charge in [-0.15, -0.1) is 11.3 Å². The second kappa shape index (κ2) is 7.05. The second-order valence-corrected chi connectivity index (χ2v) is 5.66. The lowest BCUT2D eigenvalue weighted by molar-refractivity contribution is -0.116. The zero-order chi connectivity index (χ0) is 14.4. The number of H-pyrrole nitrogens is 1. The van der Waals surface area contributed by atoms with E-state index in [0.29, 0.717) is 6.54 Å². The number of amides is 1. The Balaban J connectivity index is 1.69. The number of aryl methyl sites for hydroxylation is 3. The number of hydrogen-bond donors (Lipinski definition) is 2. The first kappa shape index (κ1) is 14.5. The highest BCUT2D eigenvalue weighted by Crippen LogP contribution is 2.16. The highest BCUT2D eigenvalue weighted by molar-refractivity contribution is 7.11. The molecule has 0 radical (unpaired) electrons. The van der Waals surface area contributed by atoms with Crippen molar-refractivity contribution >= 4 is 23.3 Å². The number of nitrogens with one attached hydrogen (secondary N) is 2. The summed E-state index contributed by atoms with van der Waals surface area (Å²) in [6.07, 6.45) is 7.16. The molecule has 0 saturated carbocycles. The van der Waals surface area contributed by atoms with E-state index in [1.807, 2.05) is 31.5 Å². The summed E-state index contributed by atoms with van der Waals surface area (Å²) in [7, 11) is 0. The summed E-state index contributed by atoms with van der Waals surface area (Å²) in [6, 6.07) is 2.05. The lowest BCUT2D eigenvalue weighted by Crippen LogP contribution is -2.22. The molecule has 0 aliphatic heterocycles. The molecule has 2 aromatic rings. The molecule has 0 aliphatic rings. The summed E-state index contributed by atoms with van der Waals surface area (Å²) < 4.78 is 0. The molecule has 0 saturated heterocycles. The molecule has 0 bridgehead atoms. The number of carbonyl (C=O) groups is 1. The molecular formula is C15H19N3OS. The normalized spacial score (nSPS) is 11.1. The molecule has 5 heteroatoms. The monoisotopic (exact) mass is 289 g/mol. The molecule has 0 fully saturated rings. The minimum absolute atomic E-state index is 0.0401. The molecule has 20 heavy (non-hydrogen) atoms. The van der Waals surface area contributed by atoms with Gasteiger partial charge in [-0.1, -0.05) is 0 Å². The first-order valence-electron chi connectivity index (χ1n) is 6.65. The van der Waals surface area contributed by atoms with Gasteiger partial charge in [-0.05, 0) is 55.3 Å². The lowest BCUT2D eigenvalue weighted by Gasteiger charge is -2.01. The van der Waals surface area contributed by atoms with Crippen molar-refractivity contribution in [2.75, 3.05) is 6.54 Å². The molecule has 0 aromatic carbocycles. The predicted molar refractivity (Wildman–Crippen MR) is 82.7 cm³/mol. The summed E-state index contributed by atoms with van der Waals surface area (Å²) in [4.78, 5) is 12.8. The minimum Gasteiger partial charge on any atom is -0.353 e. The van der Waals surface area contributed by atoms with Crippen molar-refractivity contribution in [3.63, 3.8) is 0 Å². The molecule has 2 rings (SSSR count). The Labute approximate surface area is 122 Å². The van der Waals surface area contributed by atoms with Crippen LogP contribution in [-0.2, 0) is 11.2 Å². The van der Waals surface area contributed by atoms with Crippen molar-refractivity contribution in [2.24, 2.45) is 0 Å². The Kier molecular flexibility index (Phi) is 5.12. The molecule has 0 aliphatic carbocycles. The summed E-state index contributed by atoms with van der Waals surface area (Å²) >= 11 is 1.64. The molecule has 2 N–H and O–H groups in total. The molecule has 0 unspecified atom stereocenters. The zero-order valence-electron chi connectivity index (χ0n) is 11.8. The number of aromatic amines is 1. The van der Waals surface area contributed by atoms with Crippen LogP contribution < -0.4 is 5.32 Å². The molecule has 0 spiro atoms. The first-order valence-corrected chi connectivity index (χ1v) is 7.53. The van der Waals surface area contributed by atoms with Gasteiger partial charge in [0.2, 0.25) is 5.91 Å². The van der Waals surface area contributed by atoms with Crippen LogP contribution in [0.15, 0.2) is 23.7 Å². The first-order chi connectivity index (χ1) is 9.66. The van der Waals surface area contributed by atoms with Gasteiger partial charge in [-0.2, -0.15) is 5.10 Å². The number of hydrogen-bond acceptors (Lipinski definition) is 3. The van der Waals surface area contributed by atoms with Gasteiger partial charge in [0, 0.05) is 23.2 Å². The van der Waals surface area contributed by atoms with Crippen LogP contribution in [0.4, 0.5) is 0 Å². The van der Waals surface area contributed by atoms with Crippen LogP contribution in [0.5, 0.6) is 0 Å². The third kappa shape index (κ3) is 4.06. The molecule has 106 valence electrons. The van der Waals surface area contributed by atoms with E-state index in [9.17, 15) is 4.79 Å². The fourth-order valence-corrected chi connectivity index (χ4v) is 2.70. The summed E-state index contributed by atoms with van der Waals surface area (Å²) in [5.74, 6) is -0.0401. The van der Waals surface area contributed by atoms with Crippen molar-refractivity contribution in [3.05, 3.63) is 45.4 Å². The topological polar surface area (TPSA) is 57.8 Å². The van der Waals surface area contributed by atoms with E-state index in [1.165, 1.54) is 11.1 Å².